The molecule has 0 bridgehead atoms. The third-order valence-electron chi connectivity index (χ3n) is 11.3. The van der Waals surface area contributed by atoms with E-state index < -0.39 is 0 Å². The molecule has 0 spiro atoms. The molecular formula is C47H88O2. The van der Waals surface area contributed by atoms with Gasteiger partial charge in [-0.15, -0.1) is 0 Å². The van der Waals surface area contributed by atoms with Gasteiger partial charge < -0.3 is 9.47 Å². The molecule has 6 atom stereocenters. The smallest absolute Gasteiger partial charge is 0.123 e. The standard InChI is InChI=1S/C47H88O2/c1-37(2)18-12-20-39(5)22-14-24-41(7)26-16-28-43(9)30-32-48-46-34-45(11)35-47(36-46)49-33-31-44(10)29-17-27-42(8)25-15-23-40(6)21-13-19-38(3)4/h34-44H,12-33H2,1-11H3. The predicted molar refractivity (Wildman–Crippen MR) is 219 cm³/mol. The first-order valence-corrected chi connectivity index (χ1v) is 21.7. The number of rotatable bonds is 32. The minimum atomic E-state index is 0.714. The summed E-state index contributed by atoms with van der Waals surface area (Å²) in [4.78, 5) is 0. The Hall–Kier alpha value is -1.18. The second kappa shape index (κ2) is 28.4. The summed E-state index contributed by atoms with van der Waals surface area (Å²) in [7, 11) is 0. The van der Waals surface area contributed by atoms with Gasteiger partial charge >= 0.3 is 0 Å². The van der Waals surface area contributed by atoms with Gasteiger partial charge in [-0.1, -0.05) is 185 Å². The summed E-state index contributed by atoms with van der Waals surface area (Å²) in [6, 6.07) is 6.41. The average Bonchev–Trinajstić information content (AvgIpc) is 3.00. The molecule has 1 rings (SSSR count). The molecule has 2 heteroatoms. The van der Waals surface area contributed by atoms with Crippen molar-refractivity contribution in [1.82, 2.24) is 0 Å². The predicted octanol–water partition coefficient (Wildman–Crippen LogP) is 15.7. The van der Waals surface area contributed by atoms with E-state index in [0.29, 0.717) is 11.8 Å². The first-order valence-electron chi connectivity index (χ1n) is 21.7. The van der Waals surface area contributed by atoms with Crippen LogP contribution in [-0.4, -0.2) is 13.2 Å². The number of hydrogen-bond donors (Lipinski definition) is 0. The number of ether oxygens (including phenoxy) is 2. The molecule has 0 heterocycles. The van der Waals surface area contributed by atoms with Crippen molar-refractivity contribution in [2.24, 2.45) is 47.3 Å². The lowest BCUT2D eigenvalue weighted by atomic mass is 9.91. The minimum Gasteiger partial charge on any atom is -0.493 e. The van der Waals surface area contributed by atoms with E-state index in [-0.39, 0.29) is 0 Å². The van der Waals surface area contributed by atoms with Crippen molar-refractivity contribution in [1.29, 1.82) is 0 Å². The second-order valence-electron chi connectivity index (χ2n) is 18.3. The largest absolute Gasteiger partial charge is 0.493 e. The average molecular weight is 685 g/mol. The van der Waals surface area contributed by atoms with Gasteiger partial charge in [-0.25, -0.2) is 0 Å². The van der Waals surface area contributed by atoms with Crippen molar-refractivity contribution >= 4 is 0 Å². The molecule has 0 aromatic heterocycles. The van der Waals surface area contributed by atoms with Crippen LogP contribution in [0.4, 0.5) is 0 Å². The lowest BCUT2D eigenvalue weighted by molar-refractivity contribution is 0.263. The van der Waals surface area contributed by atoms with Gasteiger partial charge in [-0.05, 0) is 84.8 Å². The molecule has 0 aliphatic heterocycles. The zero-order valence-electron chi connectivity index (χ0n) is 35.2. The van der Waals surface area contributed by atoms with Crippen molar-refractivity contribution in [3.63, 3.8) is 0 Å². The summed E-state index contributed by atoms with van der Waals surface area (Å²) in [5.74, 6) is 8.58. The Kier molecular flexibility index (Phi) is 26.6. The summed E-state index contributed by atoms with van der Waals surface area (Å²) >= 11 is 0. The molecule has 0 aliphatic rings. The van der Waals surface area contributed by atoms with Gasteiger partial charge in [0.1, 0.15) is 11.5 Å². The molecule has 0 aliphatic carbocycles. The number of aryl methyl sites for hydroxylation is 1. The Morgan fingerprint density at radius 3 is 0.857 bits per heavy atom. The molecule has 6 unspecified atom stereocenters. The first kappa shape index (κ1) is 45.8. The van der Waals surface area contributed by atoms with Gasteiger partial charge in [0.25, 0.3) is 0 Å². The highest BCUT2D eigenvalue weighted by Gasteiger charge is 2.11. The lowest BCUT2D eigenvalue weighted by Gasteiger charge is -2.17. The third-order valence-corrected chi connectivity index (χ3v) is 11.3. The summed E-state index contributed by atoms with van der Waals surface area (Å²) in [6.45, 7) is 27.8. The maximum Gasteiger partial charge on any atom is 0.123 e. The van der Waals surface area contributed by atoms with E-state index in [1.807, 2.05) is 0 Å². The van der Waals surface area contributed by atoms with Crippen molar-refractivity contribution in [3.8, 4) is 11.5 Å². The van der Waals surface area contributed by atoms with Gasteiger partial charge in [0, 0.05) is 6.07 Å². The van der Waals surface area contributed by atoms with Crippen LogP contribution in [0.5, 0.6) is 11.5 Å². The van der Waals surface area contributed by atoms with E-state index in [0.717, 1.165) is 73.1 Å². The van der Waals surface area contributed by atoms with Crippen LogP contribution >= 0.6 is 0 Å². The third kappa shape index (κ3) is 27.2. The van der Waals surface area contributed by atoms with Gasteiger partial charge in [-0.3, -0.25) is 0 Å². The zero-order chi connectivity index (χ0) is 36.4. The molecule has 2 nitrogen and oxygen atoms in total. The Balaban J connectivity index is 2.16. The topological polar surface area (TPSA) is 18.5 Å². The Bertz CT molecular complexity index is 822. The van der Waals surface area contributed by atoms with Crippen molar-refractivity contribution in [3.05, 3.63) is 23.8 Å². The molecule has 49 heavy (non-hydrogen) atoms. The summed E-state index contributed by atoms with van der Waals surface area (Å²) in [5, 5.41) is 0. The molecule has 1 aromatic rings. The molecule has 288 valence electrons. The van der Waals surface area contributed by atoms with Gasteiger partial charge in [0.05, 0.1) is 13.2 Å². The fourth-order valence-corrected chi connectivity index (χ4v) is 7.51. The van der Waals surface area contributed by atoms with Crippen LogP contribution in [0.15, 0.2) is 18.2 Å². The van der Waals surface area contributed by atoms with E-state index in [1.165, 1.54) is 121 Å². The highest BCUT2D eigenvalue weighted by Crippen LogP contribution is 2.27. The molecule has 0 amide bonds. The second-order valence-corrected chi connectivity index (χ2v) is 18.3. The van der Waals surface area contributed by atoms with Crippen LogP contribution in [-0.2, 0) is 0 Å². The summed E-state index contributed by atoms with van der Waals surface area (Å²) in [6.07, 6.45) is 27.2. The van der Waals surface area contributed by atoms with E-state index in [1.54, 1.807) is 0 Å². The zero-order valence-corrected chi connectivity index (χ0v) is 35.2. The van der Waals surface area contributed by atoms with Crippen molar-refractivity contribution < 1.29 is 9.47 Å². The minimum absolute atomic E-state index is 0.714. The van der Waals surface area contributed by atoms with Crippen LogP contribution in [0.3, 0.4) is 0 Å². The SMILES string of the molecule is Cc1cc(OCCC(C)CCCC(C)CCCC(C)CCCC(C)C)cc(OCCC(C)CCCC(C)CCCC(C)CCCC(C)C)c1. The molecule has 1 aromatic carbocycles. The lowest BCUT2D eigenvalue weighted by Crippen LogP contribution is -2.07. The van der Waals surface area contributed by atoms with E-state index in [9.17, 15) is 0 Å². The molecule has 0 radical (unpaired) electrons. The Morgan fingerprint density at radius 1 is 0.347 bits per heavy atom. The van der Waals surface area contributed by atoms with Crippen molar-refractivity contribution in [2.45, 2.75) is 205 Å². The van der Waals surface area contributed by atoms with Crippen LogP contribution in [0.25, 0.3) is 0 Å². The Morgan fingerprint density at radius 2 is 0.592 bits per heavy atom. The van der Waals surface area contributed by atoms with Gasteiger partial charge in [0.15, 0.2) is 0 Å². The van der Waals surface area contributed by atoms with E-state index in [2.05, 4.69) is 94.4 Å². The Labute approximate surface area is 309 Å². The molecular weight excluding hydrogens is 597 g/mol. The van der Waals surface area contributed by atoms with Crippen molar-refractivity contribution in [2.75, 3.05) is 13.2 Å². The maximum absolute atomic E-state index is 6.23. The molecule has 0 fully saturated rings. The highest BCUT2D eigenvalue weighted by atomic mass is 16.5. The molecule has 0 saturated carbocycles. The van der Waals surface area contributed by atoms with Gasteiger partial charge in [-0.2, -0.15) is 0 Å². The van der Waals surface area contributed by atoms with E-state index in [4.69, 9.17) is 9.47 Å². The van der Waals surface area contributed by atoms with E-state index >= 15 is 0 Å². The molecule has 0 saturated heterocycles. The first-order chi connectivity index (χ1) is 23.3. The quantitative estimate of drug-likeness (QED) is 0.0752. The normalized spacial score (nSPS) is 15.7. The van der Waals surface area contributed by atoms with Gasteiger partial charge in [0.2, 0.25) is 0 Å². The monoisotopic (exact) mass is 685 g/mol. The summed E-state index contributed by atoms with van der Waals surface area (Å²) < 4.78 is 12.5. The summed E-state index contributed by atoms with van der Waals surface area (Å²) in [5.41, 5.74) is 1.21. The maximum atomic E-state index is 6.23. The fraction of sp³-hybridized carbons (Fsp3) is 0.872. The van der Waals surface area contributed by atoms with Crippen LogP contribution in [0.2, 0.25) is 0 Å². The highest BCUT2D eigenvalue weighted by molar-refractivity contribution is 5.37. The van der Waals surface area contributed by atoms with Crippen LogP contribution in [0, 0.1) is 54.3 Å². The van der Waals surface area contributed by atoms with Crippen LogP contribution in [0.1, 0.15) is 203 Å². The number of benzene rings is 1. The van der Waals surface area contributed by atoms with Crippen LogP contribution < -0.4 is 9.47 Å². The molecule has 0 N–H and O–H groups in total. The number of hydrogen-bond acceptors (Lipinski definition) is 2. The fourth-order valence-electron chi connectivity index (χ4n) is 7.51.